The number of ketones is 2. The molecule has 0 aromatic heterocycles. The van der Waals surface area contributed by atoms with Gasteiger partial charge in [-0.15, -0.1) is 0 Å². The quantitative estimate of drug-likeness (QED) is 0.179. The fourth-order valence-electron chi connectivity index (χ4n) is 4.54. The standard InChI is InChI=1S/C26H28O9/c1-12(2)5-6-17-18-8-15(29)9-20(31)21(18)23(32)22-19(17)11-26(34,10-16(30)7-13(3)27)25(24(22)33)35-14(4)28/h5,7-9,25,29-32,34H,6,10-11H2,1-4H3/b16-7+/t25-,26+/m1/s1. The van der Waals surface area contributed by atoms with E-state index in [1.165, 1.54) is 13.0 Å². The van der Waals surface area contributed by atoms with Crippen LogP contribution in [0.2, 0.25) is 0 Å². The number of esters is 1. The summed E-state index contributed by atoms with van der Waals surface area (Å²) in [7, 11) is 0. The number of aliphatic hydroxyl groups is 2. The minimum Gasteiger partial charge on any atom is -0.512 e. The Labute approximate surface area is 201 Å². The van der Waals surface area contributed by atoms with Gasteiger partial charge in [0.15, 0.2) is 11.9 Å². The van der Waals surface area contributed by atoms with Crippen LogP contribution in [0.3, 0.4) is 0 Å². The highest BCUT2D eigenvalue weighted by Gasteiger charge is 2.51. The Morgan fingerprint density at radius 3 is 2.37 bits per heavy atom. The van der Waals surface area contributed by atoms with Gasteiger partial charge in [-0.1, -0.05) is 11.6 Å². The van der Waals surface area contributed by atoms with Crippen molar-refractivity contribution in [1.29, 1.82) is 0 Å². The van der Waals surface area contributed by atoms with Crippen molar-refractivity contribution >= 4 is 28.3 Å². The molecule has 2 aromatic rings. The van der Waals surface area contributed by atoms with E-state index >= 15 is 0 Å². The Bertz CT molecular complexity index is 1300. The summed E-state index contributed by atoms with van der Waals surface area (Å²) in [5.41, 5.74) is -0.791. The third kappa shape index (κ3) is 5.00. The number of phenolic OH excluding ortho intramolecular Hbond substituents is 3. The second-order valence-electron chi connectivity index (χ2n) is 9.11. The number of benzene rings is 2. The zero-order valence-corrected chi connectivity index (χ0v) is 19.9. The summed E-state index contributed by atoms with van der Waals surface area (Å²) in [5, 5.41) is 53.7. The molecule has 0 saturated carbocycles. The minimum absolute atomic E-state index is 0.0709. The number of carbonyl (C=O) groups is 3. The Kier molecular flexibility index (Phi) is 6.94. The van der Waals surface area contributed by atoms with Crippen molar-refractivity contribution in [2.45, 2.75) is 58.7 Å². The maximum atomic E-state index is 13.6. The molecule has 1 aliphatic carbocycles. The molecule has 0 saturated heterocycles. The van der Waals surface area contributed by atoms with E-state index in [9.17, 15) is 39.9 Å². The summed E-state index contributed by atoms with van der Waals surface area (Å²) in [5.74, 6) is -4.12. The zero-order valence-electron chi connectivity index (χ0n) is 19.9. The van der Waals surface area contributed by atoms with Crippen LogP contribution in [0.4, 0.5) is 0 Å². The number of carbonyl (C=O) groups excluding carboxylic acids is 3. The summed E-state index contributed by atoms with van der Waals surface area (Å²) in [6, 6.07) is 2.36. The highest BCUT2D eigenvalue weighted by molar-refractivity contribution is 6.12. The topological polar surface area (TPSA) is 162 Å². The maximum Gasteiger partial charge on any atom is 0.303 e. The molecule has 0 aliphatic heterocycles. The second-order valence-corrected chi connectivity index (χ2v) is 9.11. The molecule has 0 fully saturated rings. The second kappa shape index (κ2) is 9.42. The van der Waals surface area contributed by atoms with E-state index in [0.29, 0.717) is 5.56 Å². The molecule has 0 bridgehead atoms. The third-order valence-electron chi connectivity index (χ3n) is 5.88. The van der Waals surface area contributed by atoms with E-state index in [-0.39, 0.29) is 40.5 Å². The molecule has 3 rings (SSSR count). The van der Waals surface area contributed by atoms with E-state index in [0.717, 1.165) is 24.6 Å². The van der Waals surface area contributed by atoms with Crippen LogP contribution in [0.25, 0.3) is 10.8 Å². The summed E-state index contributed by atoms with van der Waals surface area (Å²) in [6.45, 7) is 5.95. The Morgan fingerprint density at radius 1 is 1.14 bits per heavy atom. The molecule has 186 valence electrons. The lowest BCUT2D eigenvalue weighted by Crippen LogP contribution is -2.54. The van der Waals surface area contributed by atoms with Crippen LogP contribution in [0.1, 0.15) is 55.6 Å². The fourth-order valence-corrected chi connectivity index (χ4v) is 4.54. The van der Waals surface area contributed by atoms with Crippen molar-refractivity contribution < 1.29 is 44.7 Å². The van der Waals surface area contributed by atoms with Crippen LogP contribution in [0.15, 0.2) is 35.6 Å². The van der Waals surface area contributed by atoms with Crippen LogP contribution in [0.5, 0.6) is 17.2 Å². The van der Waals surface area contributed by atoms with Gasteiger partial charge in [-0.3, -0.25) is 14.4 Å². The number of aromatic hydroxyl groups is 3. The van der Waals surface area contributed by atoms with Gasteiger partial charge in [-0.05, 0) is 49.8 Å². The summed E-state index contributed by atoms with van der Waals surface area (Å²) in [4.78, 5) is 36.8. The van der Waals surface area contributed by atoms with Crippen molar-refractivity contribution in [2.24, 2.45) is 0 Å². The van der Waals surface area contributed by atoms with E-state index < -0.39 is 52.9 Å². The molecule has 9 nitrogen and oxygen atoms in total. The highest BCUT2D eigenvalue weighted by Crippen LogP contribution is 2.47. The average Bonchev–Trinajstić information content (AvgIpc) is 2.68. The zero-order chi connectivity index (χ0) is 26.2. The average molecular weight is 485 g/mol. The van der Waals surface area contributed by atoms with Gasteiger partial charge in [0.1, 0.15) is 22.8 Å². The lowest BCUT2D eigenvalue weighted by atomic mass is 9.71. The number of rotatable bonds is 6. The summed E-state index contributed by atoms with van der Waals surface area (Å²) in [6.07, 6.45) is 0.230. The first kappa shape index (κ1) is 25.8. The van der Waals surface area contributed by atoms with Crippen LogP contribution in [0, 0.1) is 0 Å². The van der Waals surface area contributed by atoms with Gasteiger partial charge in [-0.25, -0.2) is 0 Å². The number of hydrogen-bond donors (Lipinski definition) is 5. The molecule has 0 heterocycles. The molecular weight excluding hydrogens is 456 g/mol. The normalized spacial score (nSPS) is 19.9. The summed E-state index contributed by atoms with van der Waals surface area (Å²) < 4.78 is 5.15. The van der Waals surface area contributed by atoms with E-state index in [2.05, 4.69) is 0 Å². The lowest BCUT2D eigenvalue weighted by molar-refractivity contribution is -0.158. The van der Waals surface area contributed by atoms with Crippen LogP contribution >= 0.6 is 0 Å². The van der Waals surface area contributed by atoms with Crippen molar-refractivity contribution in [3.05, 3.63) is 52.3 Å². The van der Waals surface area contributed by atoms with Gasteiger partial charge in [0.05, 0.1) is 16.7 Å². The molecule has 1 aliphatic rings. The maximum absolute atomic E-state index is 13.6. The van der Waals surface area contributed by atoms with Gasteiger partial charge in [0.2, 0.25) is 5.78 Å². The third-order valence-corrected chi connectivity index (χ3v) is 5.88. The van der Waals surface area contributed by atoms with Crippen molar-refractivity contribution in [2.75, 3.05) is 0 Å². The van der Waals surface area contributed by atoms with Gasteiger partial charge in [0.25, 0.3) is 0 Å². The monoisotopic (exact) mass is 484 g/mol. The smallest absolute Gasteiger partial charge is 0.303 e. The van der Waals surface area contributed by atoms with Crippen LogP contribution in [-0.4, -0.2) is 54.8 Å². The SMILES string of the molecule is CC(=O)/C=C(/O)C[C@]1(O)Cc2c(c(O)c3c(O)cc(O)cc3c2CC=C(C)C)C(=O)[C@H]1OC(C)=O. The molecule has 5 N–H and O–H groups in total. The predicted octanol–water partition coefficient (Wildman–Crippen LogP) is 3.29. The van der Waals surface area contributed by atoms with Crippen LogP contribution in [-0.2, 0) is 27.2 Å². The van der Waals surface area contributed by atoms with Crippen LogP contribution < -0.4 is 0 Å². The Balaban J connectivity index is 2.38. The van der Waals surface area contributed by atoms with Gasteiger partial charge in [0, 0.05) is 31.9 Å². The number of Topliss-reactive ketones (excluding diaryl/α,β-unsaturated/α-hetero) is 1. The van der Waals surface area contributed by atoms with Crippen molar-refractivity contribution in [1.82, 2.24) is 0 Å². The lowest BCUT2D eigenvalue weighted by Gasteiger charge is -2.40. The van der Waals surface area contributed by atoms with Crippen molar-refractivity contribution in [3.8, 4) is 17.2 Å². The number of phenols is 3. The molecule has 0 amide bonds. The number of ether oxygens (including phenoxy) is 1. The molecule has 9 heteroatoms. The van der Waals surface area contributed by atoms with Gasteiger partial charge >= 0.3 is 5.97 Å². The first-order chi connectivity index (χ1) is 16.2. The highest BCUT2D eigenvalue weighted by atomic mass is 16.6. The fraction of sp³-hybridized carbons (Fsp3) is 0.346. The number of hydrogen-bond acceptors (Lipinski definition) is 9. The van der Waals surface area contributed by atoms with E-state index in [4.69, 9.17) is 4.74 Å². The first-order valence-electron chi connectivity index (χ1n) is 10.9. The van der Waals surface area contributed by atoms with Gasteiger partial charge in [-0.2, -0.15) is 0 Å². The first-order valence-corrected chi connectivity index (χ1v) is 10.9. The number of allylic oxidation sites excluding steroid dienone is 3. The van der Waals surface area contributed by atoms with Gasteiger partial charge < -0.3 is 30.3 Å². The molecule has 2 aromatic carbocycles. The molecule has 2 atom stereocenters. The molecular formula is C26H28O9. The largest absolute Gasteiger partial charge is 0.512 e. The Hall–Kier alpha value is -3.85. The molecule has 35 heavy (non-hydrogen) atoms. The number of fused-ring (bicyclic) bond motifs is 2. The Morgan fingerprint density at radius 2 is 1.80 bits per heavy atom. The van der Waals surface area contributed by atoms with E-state index in [1.807, 2.05) is 19.9 Å². The molecule has 0 spiro atoms. The van der Waals surface area contributed by atoms with E-state index in [1.54, 1.807) is 0 Å². The predicted molar refractivity (Wildman–Crippen MR) is 127 cm³/mol. The molecule has 0 unspecified atom stereocenters. The minimum atomic E-state index is -2.15. The molecule has 0 radical (unpaired) electrons. The van der Waals surface area contributed by atoms with Crippen molar-refractivity contribution in [3.63, 3.8) is 0 Å². The summed E-state index contributed by atoms with van der Waals surface area (Å²) >= 11 is 0. The number of aliphatic hydroxyl groups excluding tert-OH is 1.